The monoisotopic (exact) mass is 326 g/mol. The average Bonchev–Trinajstić information content (AvgIpc) is 2.61. The Morgan fingerprint density at radius 2 is 1.83 bits per heavy atom. The molecule has 1 amide bonds. The van der Waals surface area contributed by atoms with Gasteiger partial charge in [0.25, 0.3) is 0 Å². The highest BCUT2D eigenvalue weighted by Gasteiger charge is 2.25. The maximum atomic E-state index is 12.6. The molecule has 1 atom stereocenters. The molecule has 0 radical (unpaired) electrons. The Bertz CT molecular complexity index is 701. The Balaban J connectivity index is 1.69. The molecule has 1 unspecified atom stereocenters. The number of thioether (sulfide) groups is 1. The van der Waals surface area contributed by atoms with E-state index in [1.54, 1.807) is 11.8 Å². The largest absolute Gasteiger partial charge is 0.324 e. The first-order valence-electron chi connectivity index (χ1n) is 7.93. The molecule has 3 rings (SSSR count). The van der Waals surface area contributed by atoms with Crippen molar-refractivity contribution >= 4 is 23.4 Å². The lowest BCUT2D eigenvalue weighted by Crippen LogP contribution is -2.44. The van der Waals surface area contributed by atoms with Crippen LogP contribution >= 0.6 is 11.8 Å². The number of hydrogen-bond acceptors (Lipinski definition) is 3. The summed E-state index contributed by atoms with van der Waals surface area (Å²) >= 11 is 1.65. The Kier molecular flexibility index (Phi) is 5.03. The molecule has 1 aliphatic rings. The fourth-order valence-corrected chi connectivity index (χ4v) is 3.55. The molecule has 0 saturated carbocycles. The number of benzene rings is 2. The molecule has 2 aromatic rings. The summed E-state index contributed by atoms with van der Waals surface area (Å²) in [5.74, 6) is 0.0610. The van der Waals surface area contributed by atoms with Gasteiger partial charge in [-0.1, -0.05) is 36.4 Å². The Labute approximate surface area is 142 Å². The minimum atomic E-state index is -0.140. The molecule has 0 aliphatic carbocycles. The van der Waals surface area contributed by atoms with Gasteiger partial charge in [-0.05, 0) is 42.9 Å². The van der Waals surface area contributed by atoms with Crippen LogP contribution in [0, 0.1) is 0 Å². The lowest BCUT2D eigenvalue weighted by atomic mass is 9.99. The quantitative estimate of drug-likeness (QED) is 0.868. The molecule has 23 heavy (non-hydrogen) atoms. The van der Waals surface area contributed by atoms with Crippen molar-refractivity contribution in [1.82, 2.24) is 4.90 Å². The predicted octanol–water partition coefficient (Wildman–Crippen LogP) is 3.79. The van der Waals surface area contributed by atoms with Crippen molar-refractivity contribution < 1.29 is 4.79 Å². The molecule has 0 bridgehead atoms. The fourth-order valence-electron chi connectivity index (χ4n) is 3.00. The number of carbonyl (C=O) groups excluding carboxylic acids is 1. The Morgan fingerprint density at radius 1 is 1.13 bits per heavy atom. The van der Waals surface area contributed by atoms with E-state index < -0.39 is 0 Å². The lowest BCUT2D eigenvalue weighted by Gasteiger charge is -2.33. The molecule has 2 aromatic carbocycles. The average molecular weight is 326 g/mol. The summed E-state index contributed by atoms with van der Waals surface area (Å²) in [6.45, 7) is 3.76. The summed E-state index contributed by atoms with van der Waals surface area (Å²) in [7, 11) is 0. The van der Waals surface area contributed by atoms with E-state index in [0.29, 0.717) is 0 Å². The normalized spacial score (nSPS) is 15.7. The zero-order chi connectivity index (χ0) is 16.2. The van der Waals surface area contributed by atoms with Gasteiger partial charge in [0.05, 0.1) is 11.7 Å². The van der Waals surface area contributed by atoms with Crippen molar-refractivity contribution in [2.24, 2.45) is 0 Å². The second kappa shape index (κ2) is 7.20. The second-order valence-electron chi connectivity index (χ2n) is 5.85. The van der Waals surface area contributed by atoms with Gasteiger partial charge >= 0.3 is 0 Å². The molecular weight excluding hydrogens is 304 g/mol. The van der Waals surface area contributed by atoms with Crippen LogP contribution in [0.15, 0.2) is 53.4 Å². The number of anilines is 1. The highest BCUT2D eigenvalue weighted by molar-refractivity contribution is 7.98. The second-order valence-corrected chi connectivity index (χ2v) is 6.70. The van der Waals surface area contributed by atoms with Gasteiger partial charge in [-0.2, -0.15) is 0 Å². The molecule has 0 aromatic heterocycles. The smallest absolute Gasteiger partial charge is 0.241 e. The highest BCUT2D eigenvalue weighted by Crippen LogP contribution is 2.25. The van der Waals surface area contributed by atoms with E-state index in [0.717, 1.165) is 30.1 Å². The van der Waals surface area contributed by atoms with Gasteiger partial charge in [-0.3, -0.25) is 9.69 Å². The van der Waals surface area contributed by atoms with Gasteiger partial charge in [0, 0.05) is 18.0 Å². The van der Waals surface area contributed by atoms with Crippen molar-refractivity contribution in [2.75, 3.05) is 18.1 Å². The number of hydrogen-bond donors (Lipinski definition) is 1. The van der Waals surface area contributed by atoms with Crippen molar-refractivity contribution in [1.29, 1.82) is 0 Å². The van der Waals surface area contributed by atoms with Crippen LogP contribution in [0.25, 0.3) is 0 Å². The van der Waals surface area contributed by atoms with Gasteiger partial charge in [0.1, 0.15) is 0 Å². The summed E-state index contributed by atoms with van der Waals surface area (Å²) in [6, 6.07) is 16.3. The van der Waals surface area contributed by atoms with Crippen LogP contribution < -0.4 is 5.32 Å². The number of nitrogens with one attached hydrogen (secondary N) is 1. The summed E-state index contributed by atoms with van der Waals surface area (Å²) in [4.78, 5) is 16.0. The van der Waals surface area contributed by atoms with E-state index in [1.165, 1.54) is 11.1 Å². The van der Waals surface area contributed by atoms with E-state index >= 15 is 0 Å². The van der Waals surface area contributed by atoms with Gasteiger partial charge in [0.2, 0.25) is 5.91 Å². The Morgan fingerprint density at radius 3 is 2.61 bits per heavy atom. The zero-order valence-electron chi connectivity index (χ0n) is 13.6. The van der Waals surface area contributed by atoms with Crippen LogP contribution in [0.2, 0.25) is 0 Å². The van der Waals surface area contributed by atoms with E-state index in [-0.39, 0.29) is 11.9 Å². The molecule has 0 saturated heterocycles. The molecule has 0 fully saturated rings. The molecule has 0 spiro atoms. The molecule has 1 aliphatic heterocycles. The number of carbonyl (C=O) groups is 1. The van der Waals surface area contributed by atoms with Crippen LogP contribution in [-0.4, -0.2) is 29.6 Å². The van der Waals surface area contributed by atoms with Crippen LogP contribution in [0.4, 0.5) is 5.69 Å². The third-order valence-corrected chi connectivity index (χ3v) is 5.25. The number of para-hydroxylation sites is 1. The van der Waals surface area contributed by atoms with Gasteiger partial charge in [0.15, 0.2) is 0 Å². The summed E-state index contributed by atoms with van der Waals surface area (Å²) < 4.78 is 0. The third-order valence-electron chi connectivity index (χ3n) is 4.45. The van der Waals surface area contributed by atoms with Crippen molar-refractivity contribution in [3.63, 3.8) is 0 Å². The molecule has 120 valence electrons. The van der Waals surface area contributed by atoms with Crippen molar-refractivity contribution in [3.8, 4) is 0 Å². The minimum Gasteiger partial charge on any atom is -0.324 e. The number of fused-ring (bicyclic) bond motifs is 1. The minimum absolute atomic E-state index is 0.0610. The van der Waals surface area contributed by atoms with E-state index in [9.17, 15) is 4.79 Å². The van der Waals surface area contributed by atoms with Crippen LogP contribution in [0.5, 0.6) is 0 Å². The van der Waals surface area contributed by atoms with Crippen molar-refractivity contribution in [3.05, 3.63) is 59.7 Å². The zero-order valence-corrected chi connectivity index (χ0v) is 14.4. The highest BCUT2D eigenvalue weighted by atomic mass is 32.2. The van der Waals surface area contributed by atoms with E-state index in [4.69, 9.17) is 0 Å². The first kappa shape index (κ1) is 16.1. The topological polar surface area (TPSA) is 32.3 Å². The SMILES string of the molecule is CSc1ccccc1NC(=O)C(C)N1CCc2ccccc2C1. The standard InChI is InChI=1S/C19H22N2OS/c1-14(19(22)20-17-9-5-6-10-18(17)23-2)21-12-11-15-7-3-4-8-16(15)13-21/h3-10,14H,11-13H2,1-2H3,(H,20,22). The maximum absolute atomic E-state index is 12.6. The summed E-state index contributed by atoms with van der Waals surface area (Å²) in [5.41, 5.74) is 3.64. The first-order valence-corrected chi connectivity index (χ1v) is 9.16. The molecule has 3 nitrogen and oxygen atoms in total. The molecule has 1 heterocycles. The van der Waals surface area contributed by atoms with E-state index in [1.807, 2.05) is 37.4 Å². The van der Waals surface area contributed by atoms with Gasteiger partial charge < -0.3 is 5.32 Å². The molecule has 1 N–H and O–H groups in total. The van der Waals surface area contributed by atoms with E-state index in [2.05, 4.69) is 34.5 Å². The number of amides is 1. The predicted molar refractivity (Wildman–Crippen MR) is 96.9 cm³/mol. The summed E-state index contributed by atoms with van der Waals surface area (Å²) in [6.07, 6.45) is 3.03. The molecular formula is C19H22N2OS. The Hall–Kier alpha value is -1.78. The summed E-state index contributed by atoms with van der Waals surface area (Å²) in [5, 5.41) is 3.08. The molecule has 4 heteroatoms. The van der Waals surface area contributed by atoms with Crippen LogP contribution in [-0.2, 0) is 17.8 Å². The number of rotatable bonds is 4. The third kappa shape index (κ3) is 3.59. The number of nitrogens with zero attached hydrogens (tertiary/aromatic N) is 1. The lowest BCUT2D eigenvalue weighted by molar-refractivity contribution is -0.121. The fraction of sp³-hybridized carbons (Fsp3) is 0.316. The van der Waals surface area contributed by atoms with Crippen LogP contribution in [0.1, 0.15) is 18.1 Å². The first-order chi connectivity index (χ1) is 11.2. The van der Waals surface area contributed by atoms with Crippen molar-refractivity contribution in [2.45, 2.75) is 30.8 Å². The van der Waals surface area contributed by atoms with Gasteiger partial charge in [-0.15, -0.1) is 11.8 Å². The van der Waals surface area contributed by atoms with Gasteiger partial charge in [-0.25, -0.2) is 0 Å². The maximum Gasteiger partial charge on any atom is 0.241 e. The van der Waals surface area contributed by atoms with Crippen LogP contribution in [0.3, 0.4) is 0 Å².